The van der Waals surface area contributed by atoms with Gasteiger partial charge in [0.1, 0.15) is 0 Å². The molecule has 0 unspecified atom stereocenters. The summed E-state index contributed by atoms with van der Waals surface area (Å²) in [6, 6.07) is 12.7. The molecule has 0 bridgehead atoms. The zero-order valence-electron chi connectivity index (χ0n) is 11.1. The first-order chi connectivity index (χ1) is 10.2. The first-order valence-corrected chi connectivity index (χ1v) is 6.42. The number of rotatable bonds is 4. The Bertz CT molecular complexity index is 805. The molecule has 0 fully saturated rings. The van der Waals surface area contributed by atoms with Crippen molar-refractivity contribution >= 4 is 5.78 Å². The van der Waals surface area contributed by atoms with Crippen molar-refractivity contribution in [3.05, 3.63) is 88.5 Å². The van der Waals surface area contributed by atoms with Crippen molar-refractivity contribution in [1.29, 1.82) is 0 Å². The number of carbonyl (C=O) groups is 1. The number of hydrogen-bond donors (Lipinski definition) is 0. The first kappa shape index (κ1) is 13.1. The number of nitrogens with zero attached hydrogens (tertiary/aromatic N) is 2. The Morgan fingerprint density at radius 3 is 2.67 bits per heavy atom. The van der Waals surface area contributed by atoms with E-state index in [4.69, 9.17) is 4.42 Å². The lowest BCUT2D eigenvalue weighted by molar-refractivity contribution is 0.101. The average molecular weight is 280 g/mol. The van der Waals surface area contributed by atoms with E-state index in [1.54, 1.807) is 12.1 Å². The zero-order chi connectivity index (χ0) is 14.7. The van der Waals surface area contributed by atoms with Crippen LogP contribution in [0.25, 0.3) is 0 Å². The van der Waals surface area contributed by atoms with Crippen molar-refractivity contribution in [2.75, 3.05) is 0 Å². The minimum Gasteiger partial charge on any atom is -0.461 e. The highest BCUT2D eigenvalue weighted by atomic mass is 16.3. The van der Waals surface area contributed by atoms with E-state index in [-0.39, 0.29) is 11.5 Å². The zero-order valence-corrected chi connectivity index (χ0v) is 11.1. The molecule has 0 aliphatic rings. The summed E-state index contributed by atoms with van der Waals surface area (Å²) in [6.45, 7) is 0.367. The van der Waals surface area contributed by atoms with Gasteiger partial charge < -0.3 is 4.42 Å². The second-order valence-corrected chi connectivity index (χ2v) is 4.55. The maximum Gasteiger partial charge on any atom is 0.347 e. The molecular weight excluding hydrogens is 268 g/mol. The van der Waals surface area contributed by atoms with Gasteiger partial charge in [0.2, 0.25) is 5.78 Å². The summed E-state index contributed by atoms with van der Waals surface area (Å²) in [4.78, 5) is 27.7. The molecule has 21 heavy (non-hydrogen) atoms. The predicted octanol–water partition coefficient (Wildman–Crippen LogP) is 2.12. The SMILES string of the molecule is O=C(c1cnc(=O)n(Cc2ccccc2)c1)c1ccco1. The van der Waals surface area contributed by atoms with Crippen molar-refractivity contribution < 1.29 is 9.21 Å². The van der Waals surface area contributed by atoms with Crippen LogP contribution in [0.5, 0.6) is 0 Å². The highest BCUT2D eigenvalue weighted by Gasteiger charge is 2.13. The van der Waals surface area contributed by atoms with E-state index in [0.717, 1.165) is 5.56 Å². The molecule has 2 heterocycles. The van der Waals surface area contributed by atoms with Gasteiger partial charge in [0, 0.05) is 12.4 Å². The third kappa shape index (κ3) is 2.81. The Labute approximate surface area is 120 Å². The Morgan fingerprint density at radius 1 is 1.14 bits per heavy atom. The normalized spacial score (nSPS) is 10.5. The number of carbonyl (C=O) groups excluding carboxylic acids is 1. The van der Waals surface area contributed by atoms with Gasteiger partial charge >= 0.3 is 5.69 Å². The van der Waals surface area contributed by atoms with Crippen molar-refractivity contribution in [2.45, 2.75) is 6.54 Å². The van der Waals surface area contributed by atoms with Crippen LogP contribution in [0.2, 0.25) is 0 Å². The molecule has 0 spiro atoms. The van der Waals surface area contributed by atoms with Crippen LogP contribution in [0.3, 0.4) is 0 Å². The lowest BCUT2D eigenvalue weighted by Gasteiger charge is -2.06. The summed E-state index contributed by atoms with van der Waals surface area (Å²) in [5.41, 5.74) is 0.888. The summed E-state index contributed by atoms with van der Waals surface area (Å²) in [7, 11) is 0. The second kappa shape index (κ2) is 5.58. The van der Waals surface area contributed by atoms with Crippen LogP contribution in [-0.4, -0.2) is 15.3 Å². The maximum atomic E-state index is 12.2. The number of ketones is 1. The van der Waals surface area contributed by atoms with Gasteiger partial charge in [0.15, 0.2) is 5.76 Å². The molecule has 0 N–H and O–H groups in total. The molecular formula is C16H12N2O3. The molecule has 0 amide bonds. The van der Waals surface area contributed by atoms with Crippen LogP contribution < -0.4 is 5.69 Å². The fraction of sp³-hybridized carbons (Fsp3) is 0.0625. The van der Waals surface area contributed by atoms with E-state index in [0.29, 0.717) is 12.1 Å². The van der Waals surface area contributed by atoms with E-state index >= 15 is 0 Å². The minimum atomic E-state index is -0.394. The molecule has 2 aromatic heterocycles. The highest BCUT2D eigenvalue weighted by molar-refractivity contribution is 6.06. The van der Waals surface area contributed by atoms with E-state index in [9.17, 15) is 9.59 Å². The van der Waals surface area contributed by atoms with Crippen molar-refractivity contribution in [2.24, 2.45) is 0 Å². The Balaban J connectivity index is 1.93. The predicted molar refractivity (Wildman–Crippen MR) is 76.2 cm³/mol. The van der Waals surface area contributed by atoms with E-state index in [1.165, 1.54) is 23.2 Å². The van der Waals surface area contributed by atoms with Crippen LogP contribution in [0, 0.1) is 0 Å². The van der Waals surface area contributed by atoms with Gasteiger partial charge in [0.25, 0.3) is 0 Å². The Hall–Kier alpha value is -2.95. The van der Waals surface area contributed by atoms with Gasteiger partial charge in [-0.15, -0.1) is 0 Å². The molecule has 0 aliphatic heterocycles. The van der Waals surface area contributed by atoms with Crippen molar-refractivity contribution in [3.63, 3.8) is 0 Å². The third-order valence-electron chi connectivity index (χ3n) is 3.06. The molecule has 3 rings (SSSR count). The van der Waals surface area contributed by atoms with Crippen LogP contribution >= 0.6 is 0 Å². The molecule has 0 saturated heterocycles. The highest BCUT2D eigenvalue weighted by Crippen LogP contribution is 2.09. The molecule has 5 heteroatoms. The van der Waals surface area contributed by atoms with Crippen LogP contribution in [0.4, 0.5) is 0 Å². The van der Waals surface area contributed by atoms with Crippen molar-refractivity contribution in [1.82, 2.24) is 9.55 Å². The van der Waals surface area contributed by atoms with Gasteiger partial charge in [0.05, 0.1) is 18.4 Å². The largest absolute Gasteiger partial charge is 0.461 e. The fourth-order valence-electron chi connectivity index (χ4n) is 2.02. The molecule has 5 nitrogen and oxygen atoms in total. The minimum absolute atomic E-state index is 0.224. The van der Waals surface area contributed by atoms with Crippen LogP contribution in [0.1, 0.15) is 21.7 Å². The van der Waals surface area contributed by atoms with Gasteiger partial charge in [-0.05, 0) is 17.7 Å². The number of hydrogen-bond acceptors (Lipinski definition) is 4. The molecule has 0 radical (unpaired) electrons. The molecule has 3 aromatic rings. The summed E-state index contributed by atoms with van der Waals surface area (Å²) in [6.07, 6.45) is 4.21. The molecule has 1 aromatic carbocycles. The number of aromatic nitrogens is 2. The summed E-state index contributed by atoms with van der Waals surface area (Å²) in [5, 5.41) is 0. The van der Waals surface area contributed by atoms with E-state index < -0.39 is 5.69 Å². The van der Waals surface area contributed by atoms with Crippen LogP contribution in [-0.2, 0) is 6.54 Å². The standard InChI is InChI=1S/C16H12N2O3/c19-15(14-7-4-8-21-14)13-9-17-16(20)18(11-13)10-12-5-2-1-3-6-12/h1-9,11H,10H2. The van der Waals surface area contributed by atoms with Crippen molar-refractivity contribution in [3.8, 4) is 0 Å². The second-order valence-electron chi connectivity index (χ2n) is 4.55. The lowest BCUT2D eigenvalue weighted by atomic mass is 10.2. The van der Waals surface area contributed by atoms with E-state index in [1.807, 2.05) is 30.3 Å². The van der Waals surface area contributed by atoms with Gasteiger partial charge in [-0.2, -0.15) is 0 Å². The summed E-state index contributed by atoms with van der Waals surface area (Å²) >= 11 is 0. The first-order valence-electron chi connectivity index (χ1n) is 6.42. The summed E-state index contributed by atoms with van der Waals surface area (Å²) < 4.78 is 6.48. The topological polar surface area (TPSA) is 65.1 Å². The lowest BCUT2D eigenvalue weighted by Crippen LogP contribution is -2.24. The Morgan fingerprint density at radius 2 is 1.95 bits per heavy atom. The summed E-state index contributed by atoms with van der Waals surface area (Å²) in [5.74, 6) is -0.0731. The van der Waals surface area contributed by atoms with Gasteiger partial charge in [-0.3, -0.25) is 9.36 Å². The molecule has 0 aliphatic carbocycles. The molecule has 104 valence electrons. The number of furan rings is 1. The van der Waals surface area contributed by atoms with E-state index in [2.05, 4.69) is 4.98 Å². The Kier molecular flexibility index (Phi) is 3.47. The molecule has 0 saturated carbocycles. The fourth-order valence-corrected chi connectivity index (χ4v) is 2.02. The maximum absolute atomic E-state index is 12.2. The van der Waals surface area contributed by atoms with Gasteiger partial charge in [-0.25, -0.2) is 9.78 Å². The van der Waals surface area contributed by atoms with Crippen LogP contribution in [0.15, 0.2) is 70.3 Å². The quantitative estimate of drug-likeness (QED) is 0.687. The molecule has 0 atom stereocenters. The average Bonchev–Trinajstić information content (AvgIpc) is 3.04. The van der Waals surface area contributed by atoms with Gasteiger partial charge in [-0.1, -0.05) is 30.3 Å². The third-order valence-corrected chi connectivity index (χ3v) is 3.06. The number of benzene rings is 1. The smallest absolute Gasteiger partial charge is 0.347 e. The monoisotopic (exact) mass is 280 g/mol.